The molecule has 0 aromatic heterocycles. The Hall–Kier alpha value is -1.25. The van der Waals surface area contributed by atoms with Crippen LogP contribution in [0.25, 0.3) is 10.8 Å². The molecule has 0 saturated carbocycles. The molecule has 3 rings (SSSR count). The SMILES string of the molecule is O=C1NC(=O)c2cc(S(=O)(=O)O)cc3cccc1c23.[Na+]. The molecule has 1 aliphatic heterocycles. The van der Waals surface area contributed by atoms with Gasteiger partial charge in [0.25, 0.3) is 21.9 Å². The molecule has 0 bridgehead atoms. The molecule has 0 saturated heterocycles. The summed E-state index contributed by atoms with van der Waals surface area (Å²) in [7, 11) is -4.42. The van der Waals surface area contributed by atoms with Crippen molar-refractivity contribution < 1.29 is 52.1 Å². The zero-order valence-electron chi connectivity index (χ0n) is 10.4. The number of rotatable bonds is 1. The Labute approximate surface area is 136 Å². The van der Waals surface area contributed by atoms with Crippen LogP contribution in [0.1, 0.15) is 20.7 Å². The second kappa shape index (κ2) is 4.94. The van der Waals surface area contributed by atoms with Gasteiger partial charge < -0.3 is 0 Å². The quantitative estimate of drug-likeness (QED) is 0.359. The molecule has 0 spiro atoms. The third-order valence-corrected chi connectivity index (χ3v) is 3.80. The van der Waals surface area contributed by atoms with E-state index in [0.717, 1.165) is 6.07 Å². The third kappa shape index (κ3) is 2.27. The van der Waals surface area contributed by atoms with E-state index in [1.54, 1.807) is 18.2 Å². The first kappa shape index (κ1) is 15.1. The number of nitrogens with one attached hydrogen (secondary N) is 1. The van der Waals surface area contributed by atoms with Gasteiger partial charge in [0, 0.05) is 16.5 Å². The minimum atomic E-state index is -4.42. The van der Waals surface area contributed by atoms with E-state index in [1.165, 1.54) is 6.07 Å². The van der Waals surface area contributed by atoms with Gasteiger partial charge >= 0.3 is 29.6 Å². The first-order chi connectivity index (χ1) is 8.88. The summed E-state index contributed by atoms with van der Waals surface area (Å²) in [6.45, 7) is 0. The van der Waals surface area contributed by atoms with Crippen LogP contribution in [-0.2, 0) is 10.1 Å². The number of amides is 2. The summed E-state index contributed by atoms with van der Waals surface area (Å²) >= 11 is 0. The number of carbonyl (C=O) groups is 2. The molecule has 20 heavy (non-hydrogen) atoms. The average molecular weight is 300 g/mol. The van der Waals surface area contributed by atoms with Gasteiger partial charge in [-0.15, -0.1) is 0 Å². The van der Waals surface area contributed by atoms with Crippen LogP contribution in [0.15, 0.2) is 35.2 Å². The minimum absolute atomic E-state index is 0. The molecule has 2 aromatic rings. The maximum Gasteiger partial charge on any atom is 1.00 e. The number of imide groups is 1. The van der Waals surface area contributed by atoms with E-state index in [0.29, 0.717) is 16.3 Å². The minimum Gasteiger partial charge on any atom is -0.288 e. The zero-order chi connectivity index (χ0) is 13.8. The molecular weight excluding hydrogens is 293 g/mol. The molecule has 0 radical (unpaired) electrons. The normalized spacial score (nSPS) is 13.8. The molecule has 8 heteroatoms. The van der Waals surface area contributed by atoms with Gasteiger partial charge in [0.2, 0.25) is 0 Å². The predicted molar refractivity (Wildman–Crippen MR) is 65.6 cm³/mol. The first-order valence-electron chi connectivity index (χ1n) is 5.28. The molecule has 6 nitrogen and oxygen atoms in total. The first-order valence-corrected chi connectivity index (χ1v) is 6.72. The van der Waals surface area contributed by atoms with Crippen molar-refractivity contribution in [2.24, 2.45) is 0 Å². The molecule has 1 aliphatic rings. The summed E-state index contributed by atoms with van der Waals surface area (Å²) < 4.78 is 31.4. The fourth-order valence-corrected chi connectivity index (χ4v) is 2.70. The number of benzene rings is 2. The van der Waals surface area contributed by atoms with Crippen molar-refractivity contribution in [3.05, 3.63) is 41.5 Å². The zero-order valence-corrected chi connectivity index (χ0v) is 13.2. The van der Waals surface area contributed by atoms with Crippen molar-refractivity contribution >= 4 is 32.7 Å². The Morgan fingerprint density at radius 1 is 1.00 bits per heavy atom. The number of hydrogen-bond acceptors (Lipinski definition) is 4. The Morgan fingerprint density at radius 2 is 1.65 bits per heavy atom. The molecule has 0 atom stereocenters. The fourth-order valence-electron chi connectivity index (χ4n) is 2.16. The van der Waals surface area contributed by atoms with Crippen LogP contribution in [0.2, 0.25) is 0 Å². The van der Waals surface area contributed by atoms with E-state index in [-0.39, 0.29) is 40.0 Å². The Morgan fingerprint density at radius 3 is 2.30 bits per heavy atom. The molecule has 0 fully saturated rings. The second-order valence-electron chi connectivity index (χ2n) is 4.13. The average Bonchev–Trinajstić information content (AvgIpc) is 2.34. The van der Waals surface area contributed by atoms with Crippen molar-refractivity contribution in [2.45, 2.75) is 4.90 Å². The van der Waals surface area contributed by atoms with Gasteiger partial charge in [-0.3, -0.25) is 19.5 Å². The summed E-state index contributed by atoms with van der Waals surface area (Å²) in [4.78, 5) is 23.0. The van der Waals surface area contributed by atoms with Gasteiger partial charge in [-0.25, -0.2) is 0 Å². The van der Waals surface area contributed by atoms with Gasteiger partial charge in [0.1, 0.15) is 0 Å². The van der Waals surface area contributed by atoms with Gasteiger partial charge in [-0.05, 0) is 23.6 Å². The van der Waals surface area contributed by atoms with Gasteiger partial charge in [0.05, 0.1) is 4.90 Å². The van der Waals surface area contributed by atoms with Crippen molar-refractivity contribution in [1.29, 1.82) is 0 Å². The standard InChI is InChI=1S/C12H7NO5S.Na/c14-11-8-3-1-2-6-4-7(19(16,17)18)5-9(10(6)8)12(15)13-11;/h1-5H,(H,13,14,15)(H,16,17,18);/q;+1. The van der Waals surface area contributed by atoms with E-state index >= 15 is 0 Å². The Balaban J connectivity index is 0.00000147. The maximum absolute atomic E-state index is 11.8. The fraction of sp³-hybridized carbons (Fsp3) is 0. The summed E-state index contributed by atoms with van der Waals surface area (Å²) in [6.07, 6.45) is 0. The van der Waals surface area contributed by atoms with Crippen LogP contribution in [0, 0.1) is 0 Å². The summed E-state index contributed by atoms with van der Waals surface area (Å²) in [5.74, 6) is -1.21. The summed E-state index contributed by atoms with van der Waals surface area (Å²) in [6, 6.07) is 6.97. The largest absolute Gasteiger partial charge is 1.00 e. The molecule has 1 heterocycles. The molecule has 0 unspecified atom stereocenters. The van der Waals surface area contributed by atoms with Gasteiger partial charge in [-0.2, -0.15) is 8.42 Å². The summed E-state index contributed by atoms with van der Waals surface area (Å²) in [5, 5.41) is 2.92. The summed E-state index contributed by atoms with van der Waals surface area (Å²) in [5.41, 5.74) is 0.356. The smallest absolute Gasteiger partial charge is 0.288 e. The van der Waals surface area contributed by atoms with Crippen LogP contribution in [0.5, 0.6) is 0 Å². The second-order valence-corrected chi connectivity index (χ2v) is 5.55. The molecule has 96 valence electrons. The Kier molecular flexibility index (Phi) is 3.74. The van der Waals surface area contributed by atoms with Crippen molar-refractivity contribution in [1.82, 2.24) is 5.32 Å². The van der Waals surface area contributed by atoms with E-state index < -0.39 is 21.9 Å². The van der Waals surface area contributed by atoms with Gasteiger partial charge in [0.15, 0.2) is 0 Å². The third-order valence-electron chi connectivity index (χ3n) is 2.96. The van der Waals surface area contributed by atoms with E-state index in [9.17, 15) is 18.0 Å². The molecule has 2 aromatic carbocycles. The maximum atomic E-state index is 11.8. The van der Waals surface area contributed by atoms with Crippen LogP contribution in [0.4, 0.5) is 0 Å². The molecule has 0 aliphatic carbocycles. The van der Waals surface area contributed by atoms with Crippen LogP contribution >= 0.6 is 0 Å². The molecule has 2 N–H and O–H groups in total. The number of hydrogen-bond donors (Lipinski definition) is 2. The predicted octanol–water partition coefficient (Wildman–Crippen LogP) is -2.03. The molecular formula is C12H7NNaO5S+. The van der Waals surface area contributed by atoms with Crippen molar-refractivity contribution in [2.75, 3.05) is 0 Å². The van der Waals surface area contributed by atoms with Crippen molar-refractivity contribution in [3.63, 3.8) is 0 Å². The van der Waals surface area contributed by atoms with Gasteiger partial charge in [-0.1, -0.05) is 12.1 Å². The van der Waals surface area contributed by atoms with Crippen LogP contribution < -0.4 is 34.9 Å². The van der Waals surface area contributed by atoms with Crippen LogP contribution in [-0.4, -0.2) is 24.8 Å². The van der Waals surface area contributed by atoms with E-state index in [4.69, 9.17) is 4.55 Å². The van der Waals surface area contributed by atoms with E-state index in [1.807, 2.05) is 0 Å². The molecule has 2 amide bonds. The van der Waals surface area contributed by atoms with E-state index in [2.05, 4.69) is 5.32 Å². The Bertz CT molecular complexity index is 860. The number of carbonyl (C=O) groups excluding carboxylic acids is 2. The van der Waals surface area contributed by atoms with Crippen molar-refractivity contribution in [3.8, 4) is 0 Å². The monoisotopic (exact) mass is 300 g/mol. The topological polar surface area (TPSA) is 101 Å². The van der Waals surface area contributed by atoms with Crippen LogP contribution in [0.3, 0.4) is 0 Å².